The van der Waals surface area contributed by atoms with Crippen LogP contribution in [-0.4, -0.2) is 55.4 Å². The highest BCUT2D eigenvalue weighted by Gasteiger charge is 2.51. The Morgan fingerprint density at radius 2 is 2.10 bits per heavy atom. The number of nitrogens with zero attached hydrogens (tertiary/aromatic N) is 2. The van der Waals surface area contributed by atoms with Gasteiger partial charge >= 0.3 is 6.02 Å². The largest absolute Gasteiger partial charge is 0.479 e. The van der Waals surface area contributed by atoms with E-state index in [0.717, 1.165) is 0 Å². The van der Waals surface area contributed by atoms with Gasteiger partial charge in [-0.05, 0) is 12.0 Å². The summed E-state index contributed by atoms with van der Waals surface area (Å²) in [5.74, 6) is -1.72. The molecule has 20 heavy (non-hydrogen) atoms. The van der Waals surface area contributed by atoms with Crippen molar-refractivity contribution in [2.75, 3.05) is 11.6 Å². The van der Waals surface area contributed by atoms with Gasteiger partial charge in [0.1, 0.15) is 5.69 Å². The van der Waals surface area contributed by atoms with Crippen molar-refractivity contribution in [1.82, 2.24) is 10.4 Å². The minimum absolute atomic E-state index is 0.0758. The monoisotopic (exact) mass is 284 g/mol. The molecule has 110 valence electrons. The summed E-state index contributed by atoms with van der Waals surface area (Å²) in [6.07, 6.45) is -0.346. The van der Waals surface area contributed by atoms with E-state index in [4.69, 9.17) is 5.11 Å². The molecule has 0 amide bonds. The highest BCUT2D eigenvalue weighted by atomic mass is 16.4. The van der Waals surface area contributed by atoms with Crippen LogP contribution in [0, 0.1) is 0 Å². The number of rotatable bonds is 5. The van der Waals surface area contributed by atoms with Gasteiger partial charge in [0.25, 0.3) is 5.85 Å². The zero-order chi connectivity index (χ0) is 14.5. The summed E-state index contributed by atoms with van der Waals surface area (Å²) < 4.78 is 0. The molecule has 0 saturated carbocycles. The number of aromatic nitrogens is 1. The van der Waals surface area contributed by atoms with Crippen LogP contribution in [0.1, 0.15) is 17.7 Å². The third kappa shape index (κ3) is 1.79. The van der Waals surface area contributed by atoms with E-state index in [1.807, 2.05) is 0 Å². The van der Waals surface area contributed by atoms with Gasteiger partial charge in [-0.3, -0.25) is 0 Å². The molecule has 0 radical (unpaired) electrons. The number of amidine groups is 1. The molecule has 0 aromatic carbocycles. The molecule has 0 spiro atoms. The molecule has 9 heteroatoms. The number of nitrogens with one attached hydrogen (secondary N) is 2. The van der Waals surface area contributed by atoms with Crippen LogP contribution in [0.2, 0.25) is 0 Å². The maximum absolute atomic E-state index is 10.1. The highest BCUT2D eigenvalue weighted by Crippen LogP contribution is 2.42. The summed E-state index contributed by atoms with van der Waals surface area (Å²) >= 11 is 0. The third-order valence-corrected chi connectivity index (χ3v) is 3.53. The molecule has 1 aromatic rings. The van der Waals surface area contributed by atoms with Crippen molar-refractivity contribution in [3.05, 3.63) is 17.5 Å². The first-order chi connectivity index (χ1) is 9.46. The molecular weight excluding hydrogens is 268 g/mol. The van der Waals surface area contributed by atoms with Crippen LogP contribution in [0.3, 0.4) is 0 Å². The molecule has 9 nitrogen and oxygen atoms in total. The predicted molar refractivity (Wildman–Crippen MR) is 67.8 cm³/mol. The fourth-order valence-corrected chi connectivity index (χ4v) is 2.51. The number of aromatic amines is 1. The summed E-state index contributed by atoms with van der Waals surface area (Å²) in [7, 11) is 0. The Kier molecular flexibility index (Phi) is 2.96. The Hall–Kier alpha value is -1.65. The molecule has 0 aliphatic carbocycles. The lowest BCUT2D eigenvalue weighted by molar-refractivity contribution is 0.00606. The van der Waals surface area contributed by atoms with E-state index < -0.39 is 18.1 Å². The second-order valence-corrected chi connectivity index (χ2v) is 4.92. The summed E-state index contributed by atoms with van der Waals surface area (Å²) in [6, 6.07) is -0.369. The molecule has 1 unspecified atom stereocenters. The maximum Gasteiger partial charge on any atom is 0.309 e. The number of aliphatic imine (C=N–C) groups is 1. The summed E-state index contributed by atoms with van der Waals surface area (Å²) in [5.41, 5.74) is 4.04. The van der Waals surface area contributed by atoms with Gasteiger partial charge in [0.2, 0.25) is 0 Å². The fourth-order valence-electron chi connectivity index (χ4n) is 2.51. The topological polar surface area (TPSA) is 145 Å². The Morgan fingerprint density at radius 1 is 1.35 bits per heavy atom. The SMILES string of the molecule is OCC[C@@H](O)[C@@H](O)Cc1c[nH]c2c1N1NC2(O)N=C1O. The smallest absolute Gasteiger partial charge is 0.309 e. The van der Waals surface area contributed by atoms with Gasteiger partial charge in [0.15, 0.2) is 0 Å². The van der Waals surface area contributed by atoms with Crippen LogP contribution in [-0.2, 0) is 12.3 Å². The number of hydrogen-bond donors (Lipinski definition) is 7. The zero-order valence-corrected chi connectivity index (χ0v) is 10.5. The van der Waals surface area contributed by atoms with Crippen LogP contribution in [0.5, 0.6) is 0 Å². The maximum atomic E-state index is 10.1. The Labute approximate surface area is 113 Å². The highest BCUT2D eigenvalue weighted by molar-refractivity contribution is 5.96. The lowest BCUT2D eigenvalue weighted by atomic mass is 10.0. The van der Waals surface area contributed by atoms with E-state index in [-0.39, 0.29) is 25.5 Å². The van der Waals surface area contributed by atoms with Crippen molar-refractivity contribution in [3.8, 4) is 0 Å². The van der Waals surface area contributed by atoms with Gasteiger partial charge in [-0.2, -0.15) is 10.4 Å². The van der Waals surface area contributed by atoms with E-state index in [9.17, 15) is 20.4 Å². The first-order valence-electron chi connectivity index (χ1n) is 6.23. The van der Waals surface area contributed by atoms with E-state index in [1.54, 1.807) is 6.20 Å². The van der Waals surface area contributed by atoms with E-state index in [2.05, 4.69) is 15.4 Å². The minimum atomic E-state index is -1.72. The normalized spacial score (nSPS) is 26.6. The van der Waals surface area contributed by atoms with Crippen molar-refractivity contribution in [2.45, 2.75) is 30.9 Å². The van der Waals surface area contributed by atoms with Crippen LogP contribution < -0.4 is 10.4 Å². The Bertz CT molecular complexity index is 559. The molecule has 7 N–H and O–H groups in total. The van der Waals surface area contributed by atoms with Gasteiger partial charge in [-0.25, -0.2) is 5.01 Å². The van der Waals surface area contributed by atoms with Gasteiger partial charge < -0.3 is 30.5 Å². The molecule has 1 aromatic heterocycles. The van der Waals surface area contributed by atoms with Crippen LogP contribution in [0.15, 0.2) is 11.2 Å². The fraction of sp³-hybridized carbons (Fsp3) is 0.545. The molecule has 3 atom stereocenters. The van der Waals surface area contributed by atoms with E-state index >= 15 is 0 Å². The second-order valence-electron chi connectivity index (χ2n) is 4.92. The first kappa shape index (κ1) is 13.3. The van der Waals surface area contributed by atoms with Crippen molar-refractivity contribution < 1.29 is 25.5 Å². The standard InChI is InChI=1S/C11H16N4O5/c16-2-1-6(17)7(18)3-5-4-12-9-8(5)15-10(19)13-11(9,20)14-15/h4,6-7,12,14,16-18,20H,1-3H2,(H,13,19)/t6-,7+,11?/m1/s1. The van der Waals surface area contributed by atoms with Crippen molar-refractivity contribution in [3.63, 3.8) is 0 Å². The molecule has 0 saturated heterocycles. The van der Waals surface area contributed by atoms with Crippen molar-refractivity contribution in [2.24, 2.45) is 4.99 Å². The predicted octanol–water partition coefficient (Wildman–Crippen LogP) is -1.98. The van der Waals surface area contributed by atoms with Crippen molar-refractivity contribution in [1.29, 1.82) is 0 Å². The average molecular weight is 284 g/mol. The van der Waals surface area contributed by atoms with E-state index in [1.165, 1.54) is 5.01 Å². The summed E-state index contributed by atoms with van der Waals surface area (Å²) in [6.45, 7) is -0.218. The van der Waals surface area contributed by atoms with Crippen LogP contribution in [0.4, 0.5) is 5.69 Å². The van der Waals surface area contributed by atoms with Gasteiger partial charge in [0, 0.05) is 19.2 Å². The van der Waals surface area contributed by atoms with Gasteiger partial charge in [-0.15, -0.1) is 0 Å². The van der Waals surface area contributed by atoms with Crippen LogP contribution >= 0.6 is 0 Å². The Morgan fingerprint density at radius 3 is 2.80 bits per heavy atom. The number of hydrazine groups is 1. The number of anilines is 1. The summed E-state index contributed by atoms with van der Waals surface area (Å²) in [4.78, 5) is 6.49. The lowest BCUT2D eigenvalue weighted by Gasteiger charge is -2.19. The molecule has 2 aliphatic heterocycles. The van der Waals surface area contributed by atoms with Gasteiger partial charge in [0.05, 0.1) is 17.9 Å². The zero-order valence-electron chi connectivity index (χ0n) is 10.5. The number of aliphatic hydroxyl groups is 5. The number of fused-ring (bicyclic) bond motifs is 5. The second kappa shape index (κ2) is 4.43. The molecule has 3 rings (SSSR count). The minimum Gasteiger partial charge on any atom is -0.479 e. The summed E-state index contributed by atoms with van der Waals surface area (Å²) in [5, 5.41) is 49.2. The molecular formula is C11H16N4O5. The molecule has 0 fully saturated rings. The molecule has 2 aliphatic rings. The quantitative estimate of drug-likeness (QED) is 0.331. The number of aliphatic hydroxyl groups excluding tert-OH is 4. The molecule has 3 heterocycles. The lowest BCUT2D eigenvalue weighted by Crippen LogP contribution is -2.40. The van der Waals surface area contributed by atoms with Crippen LogP contribution in [0.25, 0.3) is 0 Å². The van der Waals surface area contributed by atoms with Gasteiger partial charge in [-0.1, -0.05) is 0 Å². The van der Waals surface area contributed by atoms with Crippen molar-refractivity contribution >= 4 is 11.7 Å². The Balaban J connectivity index is 1.83. The van der Waals surface area contributed by atoms with E-state index in [0.29, 0.717) is 16.9 Å². The first-order valence-corrected chi connectivity index (χ1v) is 6.23. The number of hydrogen-bond acceptors (Lipinski definition) is 7. The average Bonchev–Trinajstić information content (AvgIpc) is 2.99. The number of H-pyrrole nitrogens is 1. The molecule has 2 bridgehead atoms. The third-order valence-electron chi connectivity index (χ3n) is 3.53.